The predicted molar refractivity (Wildman–Crippen MR) is 89.4 cm³/mol. The summed E-state index contributed by atoms with van der Waals surface area (Å²) in [5.74, 6) is 1.52. The van der Waals surface area contributed by atoms with E-state index >= 15 is 0 Å². The Hall–Kier alpha value is -2.53. The first kappa shape index (κ1) is 14.1. The summed E-state index contributed by atoms with van der Waals surface area (Å²) in [4.78, 5) is 13.2. The van der Waals surface area contributed by atoms with Crippen LogP contribution in [-0.4, -0.2) is 28.1 Å². The molecule has 1 atom stereocenters. The summed E-state index contributed by atoms with van der Waals surface area (Å²) in [5, 5.41) is 4.36. The van der Waals surface area contributed by atoms with Gasteiger partial charge in [0.25, 0.3) is 0 Å². The number of fused-ring (bicyclic) bond motifs is 2. The van der Waals surface area contributed by atoms with Gasteiger partial charge >= 0.3 is 0 Å². The molecule has 1 N–H and O–H groups in total. The van der Waals surface area contributed by atoms with E-state index < -0.39 is 0 Å². The number of ether oxygens (including phenoxy) is 1. The smallest absolute Gasteiger partial charge is 0.164 e. The van der Waals surface area contributed by atoms with Crippen LogP contribution in [0.4, 0.5) is 5.82 Å². The van der Waals surface area contributed by atoms with Crippen LogP contribution in [0.1, 0.15) is 23.1 Å². The van der Waals surface area contributed by atoms with Crippen LogP contribution in [0.25, 0.3) is 11.0 Å². The highest BCUT2D eigenvalue weighted by molar-refractivity contribution is 5.86. The molecular weight excluding hydrogens is 288 g/mol. The van der Waals surface area contributed by atoms with Crippen LogP contribution in [0.2, 0.25) is 0 Å². The fourth-order valence-corrected chi connectivity index (χ4v) is 3.04. The Morgan fingerprint density at radius 1 is 1.17 bits per heavy atom. The summed E-state index contributed by atoms with van der Waals surface area (Å²) in [5.41, 5.74) is 3.35. The average molecular weight is 306 g/mol. The molecule has 0 amide bonds. The van der Waals surface area contributed by atoms with Crippen LogP contribution in [0.15, 0.2) is 42.6 Å². The zero-order valence-corrected chi connectivity index (χ0v) is 13.0. The van der Waals surface area contributed by atoms with Crippen molar-refractivity contribution >= 4 is 16.9 Å². The quantitative estimate of drug-likeness (QED) is 0.806. The van der Waals surface area contributed by atoms with Gasteiger partial charge in [-0.2, -0.15) is 0 Å². The molecular formula is C18H18N4O. The summed E-state index contributed by atoms with van der Waals surface area (Å²) in [6, 6.07) is 12.4. The Morgan fingerprint density at radius 3 is 3.04 bits per heavy atom. The second-order valence-electron chi connectivity index (χ2n) is 5.68. The lowest BCUT2D eigenvalue weighted by Crippen LogP contribution is -2.23. The number of aromatic nitrogens is 3. The summed E-state index contributed by atoms with van der Waals surface area (Å²) >= 11 is 0. The second kappa shape index (κ2) is 5.93. The number of pyridine rings is 1. The van der Waals surface area contributed by atoms with Gasteiger partial charge in [-0.1, -0.05) is 24.3 Å². The molecule has 0 saturated carbocycles. The summed E-state index contributed by atoms with van der Waals surface area (Å²) in [7, 11) is 0. The monoisotopic (exact) mass is 306 g/mol. The zero-order chi connectivity index (χ0) is 15.6. The largest absolute Gasteiger partial charge is 0.371 e. The van der Waals surface area contributed by atoms with Crippen molar-refractivity contribution in [2.45, 2.75) is 19.4 Å². The number of aryl methyl sites for hydroxylation is 1. The molecule has 5 heteroatoms. The van der Waals surface area contributed by atoms with Gasteiger partial charge in [-0.3, -0.25) is 0 Å². The molecule has 3 aromatic rings. The third kappa shape index (κ3) is 2.75. The number of nitrogens with zero attached hydrogens (tertiary/aromatic N) is 3. The van der Waals surface area contributed by atoms with E-state index in [-0.39, 0.29) is 6.10 Å². The van der Waals surface area contributed by atoms with E-state index in [4.69, 9.17) is 4.74 Å². The second-order valence-corrected chi connectivity index (χ2v) is 5.68. The third-order valence-electron chi connectivity index (χ3n) is 4.13. The molecule has 0 saturated heterocycles. The van der Waals surface area contributed by atoms with Crippen molar-refractivity contribution in [3.05, 3.63) is 59.5 Å². The van der Waals surface area contributed by atoms with Crippen molar-refractivity contribution in [1.29, 1.82) is 0 Å². The zero-order valence-electron chi connectivity index (χ0n) is 13.0. The van der Waals surface area contributed by atoms with E-state index in [0.29, 0.717) is 18.0 Å². The summed E-state index contributed by atoms with van der Waals surface area (Å²) < 4.78 is 5.95. The standard InChI is InChI=1S/C18H18N4O/c1-12-21-17-15(7-4-9-19-17)18(22-12)20-11-16-14-6-3-2-5-13(14)8-10-23-16/h2-7,9,16H,8,10-11H2,1H3,(H,19,20,21,22)/t16-/m1/s1. The Kier molecular flexibility index (Phi) is 3.63. The van der Waals surface area contributed by atoms with Gasteiger partial charge in [-0.05, 0) is 36.6 Å². The number of benzene rings is 1. The number of hydrogen-bond donors (Lipinski definition) is 1. The Labute approximate surface area is 134 Å². The van der Waals surface area contributed by atoms with Gasteiger partial charge < -0.3 is 10.1 Å². The molecule has 0 radical (unpaired) electrons. The molecule has 5 nitrogen and oxygen atoms in total. The van der Waals surface area contributed by atoms with Crippen molar-refractivity contribution in [2.24, 2.45) is 0 Å². The fourth-order valence-electron chi connectivity index (χ4n) is 3.04. The van der Waals surface area contributed by atoms with Crippen molar-refractivity contribution in [3.63, 3.8) is 0 Å². The number of rotatable bonds is 3. The SMILES string of the molecule is Cc1nc(NC[C@H]2OCCc3ccccc32)c2cccnc2n1. The molecule has 0 bridgehead atoms. The number of hydrogen-bond acceptors (Lipinski definition) is 5. The highest BCUT2D eigenvalue weighted by Crippen LogP contribution is 2.27. The Bertz CT molecular complexity index is 849. The maximum Gasteiger partial charge on any atom is 0.164 e. The molecule has 2 aromatic heterocycles. The molecule has 0 aliphatic carbocycles. The molecule has 4 rings (SSSR count). The Morgan fingerprint density at radius 2 is 2.09 bits per heavy atom. The van der Waals surface area contributed by atoms with Crippen LogP contribution < -0.4 is 5.32 Å². The van der Waals surface area contributed by atoms with Gasteiger partial charge in [0.05, 0.1) is 18.1 Å². The van der Waals surface area contributed by atoms with Crippen LogP contribution >= 0.6 is 0 Å². The maximum atomic E-state index is 5.95. The summed E-state index contributed by atoms with van der Waals surface area (Å²) in [6.45, 7) is 3.32. The van der Waals surface area contributed by atoms with E-state index in [2.05, 4.69) is 44.5 Å². The van der Waals surface area contributed by atoms with Crippen molar-refractivity contribution in [2.75, 3.05) is 18.5 Å². The molecule has 116 valence electrons. The van der Waals surface area contributed by atoms with Crippen LogP contribution in [0.3, 0.4) is 0 Å². The number of nitrogens with one attached hydrogen (secondary N) is 1. The highest BCUT2D eigenvalue weighted by Gasteiger charge is 2.20. The molecule has 0 unspecified atom stereocenters. The molecule has 1 aliphatic rings. The van der Waals surface area contributed by atoms with Gasteiger partial charge in [-0.15, -0.1) is 0 Å². The van der Waals surface area contributed by atoms with Crippen LogP contribution in [0.5, 0.6) is 0 Å². The predicted octanol–water partition coefficient (Wildman–Crippen LogP) is 3.06. The molecule has 3 heterocycles. The first-order chi connectivity index (χ1) is 11.3. The molecule has 23 heavy (non-hydrogen) atoms. The Balaban J connectivity index is 1.61. The molecule has 1 aliphatic heterocycles. The van der Waals surface area contributed by atoms with Crippen molar-refractivity contribution < 1.29 is 4.74 Å². The van der Waals surface area contributed by atoms with Crippen molar-refractivity contribution in [3.8, 4) is 0 Å². The lowest BCUT2D eigenvalue weighted by molar-refractivity contribution is 0.0513. The normalized spacial score (nSPS) is 17.0. The number of anilines is 1. The lowest BCUT2D eigenvalue weighted by atomic mass is 9.97. The van der Waals surface area contributed by atoms with Crippen LogP contribution in [-0.2, 0) is 11.2 Å². The lowest BCUT2D eigenvalue weighted by Gasteiger charge is -2.26. The van der Waals surface area contributed by atoms with Gasteiger partial charge in [0, 0.05) is 12.7 Å². The van der Waals surface area contributed by atoms with E-state index in [1.807, 2.05) is 19.1 Å². The molecule has 1 aromatic carbocycles. The first-order valence-corrected chi connectivity index (χ1v) is 7.84. The minimum Gasteiger partial charge on any atom is -0.371 e. The molecule has 0 spiro atoms. The maximum absolute atomic E-state index is 5.95. The third-order valence-corrected chi connectivity index (χ3v) is 4.13. The van der Waals surface area contributed by atoms with Crippen molar-refractivity contribution in [1.82, 2.24) is 15.0 Å². The summed E-state index contributed by atoms with van der Waals surface area (Å²) in [6.07, 6.45) is 2.77. The van der Waals surface area contributed by atoms with Crippen LogP contribution in [0, 0.1) is 6.92 Å². The highest BCUT2D eigenvalue weighted by atomic mass is 16.5. The fraction of sp³-hybridized carbons (Fsp3) is 0.278. The molecule has 0 fully saturated rings. The average Bonchev–Trinajstić information content (AvgIpc) is 2.59. The van der Waals surface area contributed by atoms with E-state index in [1.165, 1.54) is 11.1 Å². The minimum absolute atomic E-state index is 0.0435. The van der Waals surface area contributed by atoms with E-state index in [0.717, 1.165) is 24.2 Å². The van der Waals surface area contributed by atoms with Gasteiger partial charge in [-0.25, -0.2) is 15.0 Å². The van der Waals surface area contributed by atoms with Gasteiger partial charge in [0.15, 0.2) is 5.65 Å². The topological polar surface area (TPSA) is 59.9 Å². The first-order valence-electron chi connectivity index (χ1n) is 7.84. The van der Waals surface area contributed by atoms with Gasteiger partial charge in [0.1, 0.15) is 11.6 Å². The van der Waals surface area contributed by atoms with Gasteiger partial charge in [0.2, 0.25) is 0 Å². The minimum atomic E-state index is 0.0435. The van der Waals surface area contributed by atoms with E-state index in [1.54, 1.807) is 6.20 Å². The van der Waals surface area contributed by atoms with E-state index in [9.17, 15) is 0 Å².